The third-order valence-corrected chi connectivity index (χ3v) is 4.79. The summed E-state index contributed by atoms with van der Waals surface area (Å²) in [5.41, 5.74) is 0. The van der Waals surface area contributed by atoms with E-state index in [1.165, 1.54) is 19.8 Å². The van der Waals surface area contributed by atoms with Gasteiger partial charge in [-0.3, -0.25) is 0 Å². The fourth-order valence-electron chi connectivity index (χ4n) is 1.46. The number of hydrogen-bond donors (Lipinski definition) is 0. The van der Waals surface area contributed by atoms with E-state index in [2.05, 4.69) is 68.7 Å². The first-order valence-electron chi connectivity index (χ1n) is 5.45. The molecule has 0 amide bonds. The minimum Gasteiger partial charge on any atom is -0.423 e. The Balaban J connectivity index is 2.06. The third kappa shape index (κ3) is 3.01. The first-order valence-corrected chi connectivity index (χ1v) is 7.08. The molecule has 0 aliphatic carbocycles. The van der Waals surface area contributed by atoms with Crippen LogP contribution < -0.4 is 4.90 Å². The summed E-state index contributed by atoms with van der Waals surface area (Å²) in [5, 5.41) is 2.58. The van der Waals surface area contributed by atoms with Crippen molar-refractivity contribution in [1.29, 1.82) is 0 Å². The molecule has 0 bridgehead atoms. The number of thioether (sulfide) groups is 1. The Bertz CT molecular complexity index is 456. The van der Waals surface area contributed by atoms with Crippen LogP contribution in [0, 0.1) is 6.42 Å². The Kier molecular flexibility index (Phi) is 3.74. The van der Waals surface area contributed by atoms with Crippen molar-refractivity contribution in [2.45, 2.75) is 0 Å². The SMILES string of the molecule is CN(C)C1=C[CH-]/C(=C/[c-]2ccc(N(C)C)[s+]2)S1. The molecule has 1 aliphatic rings. The fourth-order valence-corrected chi connectivity index (χ4v) is 3.30. The number of rotatable bonds is 3. The van der Waals surface area contributed by atoms with Gasteiger partial charge < -0.3 is 9.80 Å². The Hall–Kier alpha value is -1.00. The molecule has 0 N–H and O–H groups in total. The zero-order chi connectivity index (χ0) is 12.4. The highest BCUT2D eigenvalue weighted by Gasteiger charge is 2.05. The van der Waals surface area contributed by atoms with E-state index in [1.54, 1.807) is 0 Å². The molecule has 0 saturated heterocycles. The maximum absolute atomic E-state index is 2.25. The molecule has 1 aliphatic heterocycles. The number of thiophene rings is 1. The summed E-state index contributed by atoms with van der Waals surface area (Å²) in [5.74, 6) is 0. The molecule has 1 aromatic heterocycles. The molecule has 0 atom stereocenters. The van der Waals surface area contributed by atoms with Crippen LogP contribution in [0.1, 0.15) is 4.88 Å². The summed E-state index contributed by atoms with van der Waals surface area (Å²) in [7, 11) is 8.30. The number of allylic oxidation sites excluding steroid dienone is 2. The van der Waals surface area contributed by atoms with E-state index >= 15 is 0 Å². The minimum absolute atomic E-state index is 1.29. The number of anilines is 1. The van der Waals surface area contributed by atoms with Gasteiger partial charge in [0.1, 0.15) is 11.3 Å². The molecule has 4 heteroatoms. The second-order valence-corrected chi connectivity index (χ2v) is 6.47. The van der Waals surface area contributed by atoms with Gasteiger partial charge in [-0.05, 0) is 19.1 Å². The second kappa shape index (κ2) is 5.10. The molecular formula is C13H17N2S2-. The second-order valence-electron chi connectivity index (χ2n) is 4.29. The van der Waals surface area contributed by atoms with Crippen molar-refractivity contribution >= 4 is 34.2 Å². The van der Waals surface area contributed by atoms with E-state index < -0.39 is 0 Å². The average molecular weight is 265 g/mol. The van der Waals surface area contributed by atoms with E-state index in [9.17, 15) is 0 Å². The monoisotopic (exact) mass is 265 g/mol. The van der Waals surface area contributed by atoms with Gasteiger partial charge in [0.15, 0.2) is 5.00 Å². The maximum atomic E-state index is 2.25. The highest BCUT2D eigenvalue weighted by Crippen LogP contribution is 2.38. The molecule has 0 unspecified atom stereocenters. The van der Waals surface area contributed by atoms with Crippen LogP contribution in [0.3, 0.4) is 0 Å². The molecule has 2 heterocycles. The van der Waals surface area contributed by atoms with Gasteiger partial charge >= 0.3 is 0 Å². The van der Waals surface area contributed by atoms with E-state index in [0.29, 0.717) is 0 Å². The summed E-state index contributed by atoms with van der Waals surface area (Å²) < 4.78 is 0. The van der Waals surface area contributed by atoms with Gasteiger partial charge in [0.2, 0.25) is 0 Å². The van der Waals surface area contributed by atoms with Crippen LogP contribution >= 0.6 is 23.1 Å². The molecule has 2 rings (SSSR count). The van der Waals surface area contributed by atoms with E-state index in [-0.39, 0.29) is 0 Å². The van der Waals surface area contributed by atoms with Crippen LogP contribution in [-0.2, 0) is 0 Å². The normalized spacial score (nSPS) is 16.9. The van der Waals surface area contributed by atoms with Crippen molar-refractivity contribution in [3.8, 4) is 0 Å². The Labute approximate surface area is 112 Å². The molecule has 92 valence electrons. The van der Waals surface area contributed by atoms with Gasteiger partial charge in [0.25, 0.3) is 0 Å². The van der Waals surface area contributed by atoms with Crippen LogP contribution in [0.25, 0.3) is 6.08 Å². The van der Waals surface area contributed by atoms with Crippen molar-refractivity contribution in [2.24, 2.45) is 0 Å². The lowest BCUT2D eigenvalue weighted by Crippen LogP contribution is -2.06. The van der Waals surface area contributed by atoms with E-state index in [4.69, 9.17) is 0 Å². The van der Waals surface area contributed by atoms with Gasteiger partial charge in [0.05, 0.1) is 4.88 Å². The van der Waals surface area contributed by atoms with Gasteiger partial charge in [0, 0.05) is 14.1 Å². The van der Waals surface area contributed by atoms with Crippen molar-refractivity contribution in [3.05, 3.63) is 39.4 Å². The fraction of sp³-hybridized carbons (Fsp3) is 0.308. The first-order chi connectivity index (χ1) is 8.06. The topological polar surface area (TPSA) is 6.48 Å². The van der Waals surface area contributed by atoms with Crippen LogP contribution in [0.15, 0.2) is 28.1 Å². The predicted octanol–water partition coefficient (Wildman–Crippen LogP) is 3.51. The summed E-state index contributed by atoms with van der Waals surface area (Å²) in [6.07, 6.45) is 6.58. The van der Waals surface area contributed by atoms with Crippen molar-refractivity contribution in [1.82, 2.24) is 4.90 Å². The smallest absolute Gasteiger partial charge is 0.186 e. The maximum Gasteiger partial charge on any atom is 0.186 e. The summed E-state index contributed by atoms with van der Waals surface area (Å²) in [6.45, 7) is 0. The first kappa shape index (κ1) is 12.5. The summed E-state index contributed by atoms with van der Waals surface area (Å²) >= 11 is 3.63. The number of hydrogen-bond acceptors (Lipinski definition) is 3. The zero-order valence-electron chi connectivity index (χ0n) is 10.6. The summed E-state index contributed by atoms with van der Waals surface area (Å²) in [4.78, 5) is 6.89. The Morgan fingerprint density at radius 3 is 2.59 bits per heavy atom. The van der Waals surface area contributed by atoms with E-state index in [1.807, 2.05) is 23.1 Å². The lowest BCUT2D eigenvalue weighted by Gasteiger charge is -2.19. The average Bonchev–Trinajstić information content (AvgIpc) is 2.87. The van der Waals surface area contributed by atoms with Crippen molar-refractivity contribution in [3.63, 3.8) is 0 Å². The molecule has 0 radical (unpaired) electrons. The van der Waals surface area contributed by atoms with E-state index in [0.717, 1.165) is 0 Å². The van der Waals surface area contributed by atoms with Crippen LogP contribution in [0.2, 0.25) is 0 Å². The standard InChI is InChI=1S/C13H17N2S2/c1-14(2)12-7-5-10(16-12)9-11-6-8-13(17-11)15(3)4/h5-9H,1-4H3/q-1/b10-9-. The lowest BCUT2D eigenvalue weighted by atomic mass is 10.3. The predicted molar refractivity (Wildman–Crippen MR) is 80.3 cm³/mol. The van der Waals surface area contributed by atoms with Crippen LogP contribution in [-0.4, -0.2) is 33.1 Å². The van der Waals surface area contributed by atoms with Gasteiger partial charge in [-0.15, -0.1) is 0 Å². The molecule has 0 spiro atoms. The molecule has 17 heavy (non-hydrogen) atoms. The molecular weight excluding hydrogens is 248 g/mol. The molecule has 0 saturated carbocycles. The molecule has 1 aromatic rings. The van der Waals surface area contributed by atoms with Gasteiger partial charge in [-0.2, -0.15) is 23.5 Å². The molecule has 0 fully saturated rings. The highest BCUT2D eigenvalue weighted by molar-refractivity contribution is 8.07. The van der Waals surface area contributed by atoms with Crippen LogP contribution in [0.5, 0.6) is 0 Å². The van der Waals surface area contributed by atoms with Crippen molar-refractivity contribution in [2.75, 3.05) is 33.1 Å². The largest absolute Gasteiger partial charge is 0.423 e. The van der Waals surface area contributed by atoms with Gasteiger partial charge in [-0.25, -0.2) is 11.8 Å². The minimum atomic E-state index is 1.29. The van der Waals surface area contributed by atoms with Crippen LogP contribution in [0.4, 0.5) is 5.00 Å². The van der Waals surface area contributed by atoms with Gasteiger partial charge in [-0.1, -0.05) is 12.1 Å². The number of nitrogens with zero attached hydrogens (tertiary/aromatic N) is 2. The Morgan fingerprint density at radius 1 is 1.29 bits per heavy atom. The quantitative estimate of drug-likeness (QED) is 0.610. The lowest BCUT2D eigenvalue weighted by molar-refractivity contribution is 0.551. The van der Waals surface area contributed by atoms with Crippen molar-refractivity contribution < 1.29 is 0 Å². The Morgan fingerprint density at radius 2 is 2.06 bits per heavy atom. The zero-order valence-corrected chi connectivity index (χ0v) is 12.2. The molecule has 2 nitrogen and oxygen atoms in total. The molecule has 0 aromatic carbocycles. The highest BCUT2D eigenvalue weighted by atomic mass is 32.2. The summed E-state index contributed by atoms with van der Waals surface area (Å²) in [6, 6.07) is 4.34. The third-order valence-electron chi connectivity index (χ3n) is 2.39.